The van der Waals surface area contributed by atoms with Crippen LogP contribution in [0.5, 0.6) is 0 Å². The van der Waals surface area contributed by atoms with Gasteiger partial charge in [0.25, 0.3) is 5.91 Å². The fraction of sp³-hybridized carbons (Fsp3) is 0.263. The number of hydrogen-bond donors (Lipinski definition) is 1. The minimum Gasteiger partial charge on any atom is -0.472 e. The lowest BCUT2D eigenvalue weighted by Crippen LogP contribution is -2.43. The van der Waals surface area contributed by atoms with E-state index in [0.717, 1.165) is 12.8 Å². The molecular weight excluding hydrogens is 304 g/mol. The Morgan fingerprint density at radius 3 is 2.96 bits per heavy atom. The first kappa shape index (κ1) is 15.9. The third-order valence-corrected chi connectivity index (χ3v) is 4.14. The third kappa shape index (κ3) is 3.49. The average molecular weight is 322 g/mol. The number of anilines is 1. The minimum absolute atomic E-state index is 0.0890. The van der Waals surface area contributed by atoms with Gasteiger partial charge in [0.1, 0.15) is 6.26 Å². The van der Waals surface area contributed by atoms with Crippen LogP contribution in [0.25, 0.3) is 0 Å². The van der Waals surface area contributed by atoms with Crippen molar-refractivity contribution < 1.29 is 14.0 Å². The van der Waals surface area contributed by atoms with E-state index in [1.807, 2.05) is 6.07 Å². The molecule has 3 rings (SSSR count). The zero-order chi connectivity index (χ0) is 16.9. The van der Waals surface area contributed by atoms with E-state index in [4.69, 9.17) is 10.8 Å². The summed E-state index contributed by atoms with van der Waals surface area (Å²) in [6.45, 7) is 1.06. The van der Waals surface area contributed by atoms with Gasteiger partial charge in [0.15, 0.2) is 0 Å². The Morgan fingerprint density at radius 1 is 1.33 bits per heavy atom. The number of nitrogens with one attached hydrogen (secondary N) is 1. The molecule has 2 aromatic rings. The van der Waals surface area contributed by atoms with Gasteiger partial charge in [-0.05, 0) is 37.1 Å². The number of amides is 2. The Morgan fingerprint density at radius 2 is 2.21 bits per heavy atom. The van der Waals surface area contributed by atoms with Crippen molar-refractivity contribution in [1.29, 1.82) is 0 Å². The first-order valence-corrected chi connectivity index (χ1v) is 7.86. The number of carbonyl (C=O) groups is 2. The van der Waals surface area contributed by atoms with E-state index in [9.17, 15) is 9.59 Å². The van der Waals surface area contributed by atoms with Crippen molar-refractivity contribution in [2.24, 2.45) is 5.92 Å². The van der Waals surface area contributed by atoms with Crippen molar-refractivity contribution in [3.63, 3.8) is 0 Å². The van der Waals surface area contributed by atoms with Crippen LogP contribution >= 0.6 is 0 Å². The lowest BCUT2D eigenvalue weighted by atomic mass is 9.96. The number of likely N-dealkylation sites (tertiary alicyclic amines) is 1. The molecule has 1 saturated heterocycles. The van der Waals surface area contributed by atoms with Gasteiger partial charge in [-0.25, -0.2) is 0 Å². The molecule has 0 spiro atoms. The van der Waals surface area contributed by atoms with Crippen LogP contribution in [0.1, 0.15) is 28.8 Å². The Balaban J connectivity index is 1.64. The van der Waals surface area contributed by atoms with Gasteiger partial charge in [-0.1, -0.05) is 12.0 Å². The molecule has 1 aromatic carbocycles. The van der Waals surface area contributed by atoms with Crippen LogP contribution in [0.3, 0.4) is 0 Å². The van der Waals surface area contributed by atoms with Crippen molar-refractivity contribution in [3.8, 4) is 12.3 Å². The molecule has 1 aliphatic rings. The first-order chi connectivity index (χ1) is 11.7. The van der Waals surface area contributed by atoms with Gasteiger partial charge in [0.05, 0.1) is 17.7 Å². The molecule has 5 nitrogen and oxygen atoms in total. The summed E-state index contributed by atoms with van der Waals surface area (Å²) in [6, 6.07) is 8.81. The Bertz CT molecular complexity index is 774. The van der Waals surface area contributed by atoms with Crippen LogP contribution in [0.2, 0.25) is 0 Å². The smallest absolute Gasteiger partial charge is 0.257 e. The topological polar surface area (TPSA) is 62.6 Å². The predicted octanol–water partition coefficient (Wildman–Crippen LogP) is 2.75. The number of rotatable bonds is 3. The summed E-state index contributed by atoms with van der Waals surface area (Å²) >= 11 is 0. The van der Waals surface area contributed by atoms with Crippen LogP contribution in [-0.2, 0) is 4.79 Å². The molecule has 1 atom stereocenters. The molecule has 1 fully saturated rings. The summed E-state index contributed by atoms with van der Waals surface area (Å²) in [5.74, 6) is 2.12. The molecule has 2 heterocycles. The zero-order valence-corrected chi connectivity index (χ0v) is 13.2. The van der Waals surface area contributed by atoms with Crippen molar-refractivity contribution in [2.75, 3.05) is 18.4 Å². The minimum atomic E-state index is -0.232. The van der Waals surface area contributed by atoms with Gasteiger partial charge in [0, 0.05) is 24.3 Å². The molecule has 122 valence electrons. The summed E-state index contributed by atoms with van der Waals surface area (Å²) in [7, 11) is 0. The van der Waals surface area contributed by atoms with E-state index >= 15 is 0 Å². The van der Waals surface area contributed by atoms with E-state index in [2.05, 4.69) is 11.2 Å². The number of furan rings is 1. The van der Waals surface area contributed by atoms with Crippen LogP contribution in [0.15, 0.2) is 47.3 Å². The lowest BCUT2D eigenvalue weighted by molar-refractivity contribution is -0.121. The number of nitrogens with zero attached hydrogens (tertiary/aromatic N) is 1. The van der Waals surface area contributed by atoms with Gasteiger partial charge in [-0.3, -0.25) is 9.59 Å². The lowest BCUT2D eigenvalue weighted by Gasteiger charge is -2.31. The Hall–Kier alpha value is -3.00. The number of hydrogen-bond acceptors (Lipinski definition) is 3. The van der Waals surface area contributed by atoms with Crippen molar-refractivity contribution in [1.82, 2.24) is 4.90 Å². The Labute approximate surface area is 140 Å². The van der Waals surface area contributed by atoms with Crippen LogP contribution < -0.4 is 5.32 Å². The molecule has 0 aliphatic carbocycles. The highest BCUT2D eigenvalue weighted by molar-refractivity contribution is 5.96. The molecule has 0 radical (unpaired) electrons. The van der Waals surface area contributed by atoms with Gasteiger partial charge in [-0.2, -0.15) is 0 Å². The molecule has 0 bridgehead atoms. The van der Waals surface area contributed by atoms with Crippen LogP contribution in [0.4, 0.5) is 5.69 Å². The molecule has 1 unspecified atom stereocenters. The van der Waals surface area contributed by atoms with E-state index < -0.39 is 0 Å². The molecule has 2 amide bonds. The first-order valence-electron chi connectivity index (χ1n) is 7.86. The summed E-state index contributed by atoms with van der Waals surface area (Å²) < 4.78 is 4.96. The molecule has 5 heteroatoms. The summed E-state index contributed by atoms with van der Waals surface area (Å²) in [4.78, 5) is 26.6. The van der Waals surface area contributed by atoms with E-state index in [-0.39, 0.29) is 17.7 Å². The predicted molar refractivity (Wildman–Crippen MR) is 90.3 cm³/mol. The maximum absolute atomic E-state index is 12.5. The monoisotopic (exact) mass is 322 g/mol. The maximum Gasteiger partial charge on any atom is 0.257 e. The van der Waals surface area contributed by atoms with Gasteiger partial charge >= 0.3 is 0 Å². The van der Waals surface area contributed by atoms with Crippen molar-refractivity contribution in [2.45, 2.75) is 12.8 Å². The molecule has 1 aliphatic heterocycles. The SMILES string of the molecule is C#Cc1cccc(NC(=O)C2CCCN(C(=O)c3ccoc3)C2)c1. The number of piperidine rings is 1. The molecule has 24 heavy (non-hydrogen) atoms. The van der Waals surface area contributed by atoms with Crippen LogP contribution in [0, 0.1) is 18.3 Å². The second-order valence-electron chi connectivity index (χ2n) is 5.82. The molecular formula is C19H18N2O3. The fourth-order valence-corrected chi connectivity index (χ4v) is 2.88. The van der Waals surface area contributed by atoms with Gasteiger partial charge in [-0.15, -0.1) is 6.42 Å². The molecule has 0 saturated carbocycles. The maximum atomic E-state index is 12.5. The second-order valence-corrected chi connectivity index (χ2v) is 5.82. The highest BCUT2D eigenvalue weighted by Crippen LogP contribution is 2.21. The van der Waals surface area contributed by atoms with Gasteiger partial charge < -0.3 is 14.6 Å². The quantitative estimate of drug-likeness (QED) is 0.884. The number of benzene rings is 1. The largest absolute Gasteiger partial charge is 0.472 e. The highest BCUT2D eigenvalue weighted by Gasteiger charge is 2.29. The standard InChI is InChI=1S/C19H18N2O3/c1-2-14-5-3-7-17(11-14)20-18(22)15-6-4-9-21(12-15)19(23)16-8-10-24-13-16/h1,3,5,7-8,10-11,13,15H,4,6,9,12H2,(H,20,22). The normalized spacial score (nSPS) is 17.1. The number of carbonyl (C=O) groups excluding carboxylic acids is 2. The third-order valence-electron chi connectivity index (χ3n) is 4.14. The zero-order valence-electron chi connectivity index (χ0n) is 13.2. The second kappa shape index (κ2) is 7.05. The van der Waals surface area contributed by atoms with Gasteiger partial charge in [0.2, 0.25) is 5.91 Å². The summed E-state index contributed by atoms with van der Waals surface area (Å²) in [5.41, 5.74) is 1.90. The van der Waals surface area contributed by atoms with Crippen molar-refractivity contribution >= 4 is 17.5 Å². The highest BCUT2D eigenvalue weighted by atomic mass is 16.3. The number of terminal acetylenes is 1. The molecule has 1 N–H and O–H groups in total. The Kier molecular flexibility index (Phi) is 4.66. The van der Waals surface area contributed by atoms with Crippen LogP contribution in [-0.4, -0.2) is 29.8 Å². The molecule has 1 aromatic heterocycles. The van der Waals surface area contributed by atoms with E-state index in [1.165, 1.54) is 12.5 Å². The summed E-state index contributed by atoms with van der Waals surface area (Å²) in [6.07, 6.45) is 9.83. The summed E-state index contributed by atoms with van der Waals surface area (Å²) in [5, 5.41) is 2.89. The van der Waals surface area contributed by atoms with Crippen molar-refractivity contribution in [3.05, 3.63) is 54.0 Å². The van der Waals surface area contributed by atoms with E-state index in [0.29, 0.717) is 29.9 Å². The average Bonchev–Trinajstić information content (AvgIpc) is 3.16. The fourth-order valence-electron chi connectivity index (χ4n) is 2.88. The van der Waals surface area contributed by atoms with E-state index in [1.54, 1.807) is 29.2 Å².